The number of fused-ring (bicyclic) bond motifs is 2. The van der Waals surface area contributed by atoms with E-state index in [9.17, 15) is 4.79 Å². The van der Waals surface area contributed by atoms with Crippen molar-refractivity contribution in [3.05, 3.63) is 53.3 Å². The molecule has 2 aliphatic heterocycles. The number of piperidine rings is 1. The van der Waals surface area contributed by atoms with E-state index < -0.39 is 5.91 Å². The van der Waals surface area contributed by atoms with Crippen LogP contribution in [0.5, 0.6) is 0 Å². The highest BCUT2D eigenvalue weighted by molar-refractivity contribution is 5.92. The molecule has 2 N–H and O–H groups in total. The van der Waals surface area contributed by atoms with E-state index in [1.807, 2.05) is 0 Å². The standard InChI is InChI=1S/C19H21N5O/c20-18(25)14-7-21-19(22-8-14)24-10-15-16(11-24)17(15)23-6-5-12-3-1-2-4-13(12)9-23/h1-4,7-8,15-17H,5-6,9-11H2,(H2,20,25). The van der Waals surface area contributed by atoms with E-state index in [2.05, 4.69) is 44.0 Å². The molecule has 1 aromatic carbocycles. The number of aromatic nitrogens is 2. The van der Waals surface area contributed by atoms with Gasteiger partial charge >= 0.3 is 0 Å². The Morgan fingerprint density at radius 1 is 1.08 bits per heavy atom. The second kappa shape index (κ2) is 5.52. The molecule has 1 amide bonds. The monoisotopic (exact) mass is 335 g/mol. The Labute approximate surface area is 146 Å². The van der Waals surface area contributed by atoms with Crippen LogP contribution in [0.4, 0.5) is 5.95 Å². The summed E-state index contributed by atoms with van der Waals surface area (Å²) < 4.78 is 0. The van der Waals surface area contributed by atoms with Crippen LogP contribution in [0.3, 0.4) is 0 Å². The molecule has 1 aromatic heterocycles. The van der Waals surface area contributed by atoms with Gasteiger partial charge in [-0.2, -0.15) is 0 Å². The second-order valence-electron chi connectivity index (χ2n) is 7.35. The number of benzene rings is 1. The summed E-state index contributed by atoms with van der Waals surface area (Å²) in [6.45, 7) is 4.25. The van der Waals surface area contributed by atoms with Crippen LogP contribution < -0.4 is 10.6 Å². The third-order valence-electron chi connectivity index (χ3n) is 5.94. The first-order chi connectivity index (χ1) is 12.2. The highest BCUT2D eigenvalue weighted by Crippen LogP contribution is 2.50. The summed E-state index contributed by atoms with van der Waals surface area (Å²) in [5.41, 5.74) is 8.60. The van der Waals surface area contributed by atoms with Crippen LogP contribution in [0.2, 0.25) is 0 Å². The summed E-state index contributed by atoms with van der Waals surface area (Å²) in [5, 5.41) is 0. The van der Waals surface area contributed by atoms with Crippen molar-refractivity contribution >= 4 is 11.9 Å². The summed E-state index contributed by atoms with van der Waals surface area (Å²) in [5.74, 6) is 1.65. The van der Waals surface area contributed by atoms with E-state index in [0.717, 1.165) is 26.1 Å². The number of amides is 1. The van der Waals surface area contributed by atoms with Gasteiger partial charge in [0.2, 0.25) is 5.95 Å². The number of carbonyl (C=O) groups excluding carboxylic acids is 1. The van der Waals surface area contributed by atoms with E-state index in [1.54, 1.807) is 0 Å². The van der Waals surface area contributed by atoms with Crippen molar-refractivity contribution in [2.45, 2.75) is 19.0 Å². The molecule has 3 heterocycles. The smallest absolute Gasteiger partial charge is 0.251 e. The predicted octanol–water partition coefficient (Wildman–Crippen LogP) is 1.07. The molecule has 0 spiro atoms. The number of nitrogens with zero attached hydrogens (tertiary/aromatic N) is 4. The Kier molecular flexibility index (Phi) is 3.28. The quantitative estimate of drug-likeness (QED) is 0.908. The molecule has 1 saturated heterocycles. The van der Waals surface area contributed by atoms with E-state index >= 15 is 0 Å². The van der Waals surface area contributed by atoms with E-state index in [-0.39, 0.29) is 0 Å². The molecule has 2 fully saturated rings. The second-order valence-corrected chi connectivity index (χ2v) is 7.35. The molecular weight excluding hydrogens is 314 g/mol. The van der Waals surface area contributed by atoms with Crippen LogP contribution in [0.25, 0.3) is 0 Å². The van der Waals surface area contributed by atoms with Crippen LogP contribution in [0.15, 0.2) is 36.7 Å². The molecule has 2 unspecified atom stereocenters. The van der Waals surface area contributed by atoms with Crippen LogP contribution in [-0.4, -0.2) is 46.5 Å². The number of carbonyl (C=O) groups is 1. The number of anilines is 1. The topological polar surface area (TPSA) is 75.4 Å². The fourth-order valence-corrected chi connectivity index (χ4v) is 4.58. The van der Waals surface area contributed by atoms with Gasteiger partial charge in [-0.1, -0.05) is 24.3 Å². The zero-order chi connectivity index (χ0) is 17.0. The number of hydrogen-bond donors (Lipinski definition) is 1. The van der Waals surface area contributed by atoms with Gasteiger partial charge in [0.1, 0.15) is 0 Å². The number of primary amides is 1. The van der Waals surface area contributed by atoms with Gasteiger partial charge in [-0.05, 0) is 29.4 Å². The molecule has 0 radical (unpaired) electrons. The van der Waals surface area contributed by atoms with Crippen molar-refractivity contribution in [2.24, 2.45) is 17.6 Å². The molecule has 0 bridgehead atoms. The average molecular weight is 335 g/mol. The Hall–Kier alpha value is -2.47. The van der Waals surface area contributed by atoms with E-state index in [1.165, 1.54) is 30.1 Å². The van der Waals surface area contributed by atoms with Crippen molar-refractivity contribution in [3.63, 3.8) is 0 Å². The number of rotatable bonds is 3. The first kappa shape index (κ1) is 14.8. The molecule has 6 heteroatoms. The minimum absolute atomic E-state index is 0.359. The molecule has 3 aliphatic rings. The van der Waals surface area contributed by atoms with Crippen LogP contribution in [-0.2, 0) is 13.0 Å². The summed E-state index contributed by atoms with van der Waals surface area (Å²) in [7, 11) is 0. The lowest BCUT2D eigenvalue weighted by Crippen LogP contribution is -2.38. The highest BCUT2D eigenvalue weighted by Gasteiger charge is 2.58. The van der Waals surface area contributed by atoms with Gasteiger partial charge in [-0.3, -0.25) is 9.69 Å². The van der Waals surface area contributed by atoms with Crippen molar-refractivity contribution in [1.82, 2.24) is 14.9 Å². The lowest BCUT2D eigenvalue weighted by atomic mass is 9.99. The van der Waals surface area contributed by atoms with Gasteiger partial charge in [0.15, 0.2) is 0 Å². The molecule has 1 saturated carbocycles. The van der Waals surface area contributed by atoms with Crippen molar-refractivity contribution in [2.75, 3.05) is 24.5 Å². The summed E-state index contributed by atoms with van der Waals surface area (Å²) in [6.07, 6.45) is 4.20. The molecule has 2 aromatic rings. The number of hydrogen-bond acceptors (Lipinski definition) is 5. The maximum Gasteiger partial charge on any atom is 0.251 e. The first-order valence-corrected chi connectivity index (χ1v) is 8.88. The normalized spacial score (nSPS) is 27.7. The molecule has 6 nitrogen and oxygen atoms in total. The van der Waals surface area contributed by atoms with Gasteiger partial charge in [-0.15, -0.1) is 0 Å². The molecule has 5 rings (SSSR count). The third-order valence-corrected chi connectivity index (χ3v) is 5.94. The van der Waals surface area contributed by atoms with Crippen molar-refractivity contribution < 1.29 is 4.79 Å². The zero-order valence-electron chi connectivity index (χ0n) is 14.0. The van der Waals surface area contributed by atoms with Gasteiger partial charge in [0.05, 0.1) is 5.56 Å². The van der Waals surface area contributed by atoms with E-state index in [4.69, 9.17) is 5.73 Å². The maximum atomic E-state index is 11.1. The summed E-state index contributed by atoms with van der Waals surface area (Å²) in [6, 6.07) is 9.51. The Bertz CT molecular complexity index is 809. The van der Waals surface area contributed by atoms with Gasteiger partial charge in [-0.25, -0.2) is 9.97 Å². The number of nitrogens with two attached hydrogens (primary N) is 1. The largest absolute Gasteiger partial charge is 0.366 e. The Morgan fingerprint density at radius 2 is 1.76 bits per heavy atom. The lowest BCUT2D eigenvalue weighted by molar-refractivity contribution is 0.0999. The zero-order valence-corrected chi connectivity index (χ0v) is 14.0. The Balaban J connectivity index is 1.23. The fourth-order valence-electron chi connectivity index (χ4n) is 4.58. The molecule has 128 valence electrons. The Morgan fingerprint density at radius 3 is 2.44 bits per heavy atom. The molecular formula is C19H21N5O. The molecule has 1 aliphatic carbocycles. The van der Waals surface area contributed by atoms with Crippen molar-refractivity contribution in [1.29, 1.82) is 0 Å². The van der Waals surface area contributed by atoms with Gasteiger partial charge in [0, 0.05) is 44.6 Å². The van der Waals surface area contributed by atoms with Crippen LogP contribution >= 0.6 is 0 Å². The van der Waals surface area contributed by atoms with Crippen LogP contribution in [0, 0.1) is 11.8 Å². The maximum absolute atomic E-state index is 11.1. The highest BCUT2D eigenvalue weighted by atomic mass is 16.1. The predicted molar refractivity (Wildman–Crippen MR) is 94.1 cm³/mol. The van der Waals surface area contributed by atoms with Crippen LogP contribution in [0.1, 0.15) is 21.5 Å². The summed E-state index contributed by atoms with van der Waals surface area (Å²) >= 11 is 0. The third kappa shape index (κ3) is 2.48. The first-order valence-electron chi connectivity index (χ1n) is 8.88. The lowest BCUT2D eigenvalue weighted by Gasteiger charge is -2.31. The minimum Gasteiger partial charge on any atom is -0.366 e. The van der Waals surface area contributed by atoms with Gasteiger partial charge in [0.25, 0.3) is 5.91 Å². The minimum atomic E-state index is -0.485. The van der Waals surface area contributed by atoms with E-state index in [0.29, 0.717) is 29.4 Å². The molecule has 2 atom stereocenters. The molecule has 25 heavy (non-hydrogen) atoms. The van der Waals surface area contributed by atoms with Gasteiger partial charge < -0.3 is 10.6 Å². The summed E-state index contributed by atoms with van der Waals surface area (Å²) in [4.78, 5) is 24.6. The SMILES string of the molecule is NC(=O)c1cnc(N2CC3C(C2)C3N2CCc3ccccc3C2)nc1. The van der Waals surface area contributed by atoms with Crippen molar-refractivity contribution in [3.8, 4) is 0 Å². The fraction of sp³-hybridized carbons (Fsp3) is 0.421. The average Bonchev–Trinajstić information content (AvgIpc) is 3.14.